The first kappa shape index (κ1) is 12.0. The highest BCUT2D eigenvalue weighted by Crippen LogP contribution is 2.43. The Morgan fingerprint density at radius 1 is 1.58 bits per heavy atom. The second-order valence-corrected chi connectivity index (χ2v) is 5.04. The third-order valence-corrected chi connectivity index (χ3v) is 3.78. The van der Waals surface area contributed by atoms with Crippen LogP contribution >= 0.6 is 0 Å². The standard InChI is InChI=1S/C15H17N3O/c1-3-12(16)14-11-9-10(5-6-13(11)17-18-14)19-15(4-2)7-8-15/h3,5-6,9,16H,1,4,7-8H2,2H3,(H,17,18). The zero-order valence-corrected chi connectivity index (χ0v) is 11.0. The smallest absolute Gasteiger partial charge is 0.120 e. The summed E-state index contributed by atoms with van der Waals surface area (Å²) in [5, 5.41) is 15.8. The van der Waals surface area contributed by atoms with Crippen LogP contribution in [0.15, 0.2) is 30.9 Å². The second-order valence-electron chi connectivity index (χ2n) is 5.04. The minimum absolute atomic E-state index is 0.0452. The van der Waals surface area contributed by atoms with E-state index in [2.05, 4.69) is 23.7 Å². The number of benzene rings is 1. The van der Waals surface area contributed by atoms with Gasteiger partial charge in [-0.1, -0.05) is 13.5 Å². The van der Waals surface area contributed by atoms with Gasteiger partial charge in [-0.15, -0.1) is 0 Å². The molecular weight excluding hydrogens is 238 g/mol. The van der Waals surface area contributed by atoms with Gasteiger partial charge in [-0.3, -0.25) is 10.5 Å². The Hall–Kier alpha value is -2.10. The third-order valence-electron chi connectivity index (χ3n) is 3.78. The normalized spacial score (nSPS) is 16.3. The summed E-state index contributed by atoms with van der Waals surface area (Å²) in [7, 11) is 0. The molecule has 98 valence electrons. The lowest BCUT2D eigenvalue weighted by Gasteiger charge is -2.15. The molecular formula is C15H17N3O. The van der Waals surface area contributed by atoms with Gasteiger partial charge in [0.25, 0.3) is 0 Å². The summed E-state index contributed by atoms with van der Waals surface area (Å²) in [5.41, 5.74) is 1.90. The zero-order valence-electron chi connectivity index (χ0n) is 11.0. The van der Waals surface area contributed by atoms with E-state index >= 15 is 0 Å². The van der Waals surface area contributed by atoms with E-state index in [9.17, 15) is 0 Å². The topological polar surface area (TPSA) is 61.8 Å². The van der Waals surface area contributed by atoms with E-state index in [1.54, 1.807) is 0 Å². The molecule has 1 aliphatic rings. The van der Waals surface area contributed by atoms with Gasteiger partial charge in [0.2, 0.25) is 0 Å². The van der Waals surface area contributed by atoms with Crippen LogP contribution in [0.2, 0.25) is 0 Å². The van der Waals surface area contributed by atoms with E-state index in [1.807, 2.05) is 18.2 Å². The van der Waals surface area contributed by atoms with Crippen molar-refractivity contribution in [2.75, 3.05) is 0 Å². The molecule has 19 heavy (non-hydrogen) atoms. The fourth-order valence-corrected chi connectivity index (χ4v) is 2.28. The van der Waals surface area contributed by atoms with Crippen LogP contribution < -0.4 is 4.74 Å². The number of allylic oxidation sites excluding steroid dienone is 1. The Morgan fingerprint density at radius 3 is 3.00 bits per heavy atom. The van der Waals surface area contributed by atoms with Crippen molar-refractivity contribution >= 4 is 16.6 Å². The minimum atomic E-state index is 0.0452. The summed E-state index contributed by atoms with van der Waals surface area (Å²) < 4.78 is 6.07. The Bertz CT molecular complexity index is 652. The predicted octanol–water partition coefficient (Wildman–Crippen LogP) is 3.44. The molecule has 0 aliphatic heterocycles. The maximum Gasteiger partial charge on any atom is 0.120 e. The maximum absolute atomic E-state index is 7.83. The first-order chi connectivity index (χ1) is 9.17. The average molecular weight is 255 g/mol. The SMILES string of the molecule is C=CC(=N)c1n[nH]c2ccc(OC3(CC)CC3)cc12. The van der Waals surface area contributed by atoms with Crippen LogP contribution in [0.4, 0.5) is 0 Å². The van der Waals surface area contributed by atoms with Crippen molar-refractivity contribution in [3.05, 3.63) is 36.5 Å². The van der Waals surface area contributed by atoms with Crippen molar-refractivity contribution in [2.45, 2.75) is 31.8 Å². The fourth-order valence-electron chi connectivity index (χ4n) is 2.28. The van der Waals surface area contributed by atoms with E-state index in [1.165, 1.54) is 6.08 Å². The molecule has 2 aromatic rings. The molecule has 1 saturated carbocycles. The fraction of sp³-hybridized carbons (Fsp3) is 0.333. The Labute approximate surface area is 112 Å². The molecule has 0 radical (unpaired) electrons. The van der Waals surface area contributed by atoms with E-state index in [0.717, 1.165) is 35.9 Å². The van der Waals surface area contributed by atoms with Crippen LogP contribution in [0.1, 0.15) is 31.9 Å². The number of nitrogens with one attached hydrogen (secondary N) is 2. The molecule has 2 N–H and O–H groups in total. The summed E-state index contributed by atoms with van der Waals surface area (Å²) in [4.78, 5) is 0. The molecule has 1 aromatic carbocycles. The predicted molar refractivity (Wildman–Crippen MR) is 76.0 cm³/mol. The first-order valence-corrected chi connectivity index (χ1v) is 6.56. The summed E-state index contributed by atoms with van der Waals surface area (Å²) in [6.45, 7) is 5.77. The molecule has 4 heteroatoms. The largest absolute Gasteiger partial charge is 0.487 e. The number of aromatic amines is 1. The number of ether oxygens (including phenoxy) is 1. The van der Waals surface area contributed by atoms with Gasteiger partial charge < -0.3 is 4.74 Å². The minimum Gasteiger partial charge on any atom is -0.487 e. The molecule has 1 aromatic heterocycles. The van der Waals surface area contributed by atoms with Crippen LogP contribution in [0.5, 0.6) is 5.75 Å². The van der Waals surface area contributed by atoms with Crippen molar-refractivity contribution < 1.29 is 4.74 Å². The van der Waals surface area contributed by atoms with E-state index in [4.69, 9.17) is 10.1 Å². The van der Waals surface area contributed by atoms with E-state index in [0.29, 0.717) is 11.4 Å². The number of H-pyrrole nitrogens is 1. The third kappa shape index (κ3) is 2.03. The van der Waals surface area contributed by atoms with Gasteiger partial charge in [-0.05, 0) is 43.5 Å². The number of rotatable bonds is 5. The molecule has 0 bridgehead atoms. The Kier molecular flexibility index (Phi) is 2.66. The number of hydrogen-bond donors (Lipinski definition) is 2. The number of aromatic nitrogens is 2. The van der Waals surface area contributed by atoms with Crippen LogP contribution in [-0.4, -0.2) is 21.5 Å². The molecule has 0 saturated heterocycles. The molecule has 0 amide bonds. The highest BCUT2D eigenvalue weighted by atomic mass is 16.5. The zero-order chi connectivity index (χ0) is 13.5. The van der Waals surface area contributed by atoms with Gasteiger partial charge >= 0.3 is 0 Å². The van der Waals surface area contributed by atoms with Crippen LogP contribution in [0.25, 0.3) is 10.9 Å². The number of nitrogens with zero attached hydrogens (tertiary/aromatic N) is 1. The average Bonchev–Trinajstić information content (AvgIpc) is 3.08. The van der Waals surface area contributed by atoms with Crippen LogP contribution in [0.3, 0.4) is 0 Å². The van der Waals surface area contributed by atoms with Gasteiger partial charge in [0.05, 0.1) is 11.2 Å². The lowest BCUT2D eigenvalue weighted by Crippen LogP contribution is -2.16. The van der Waals surface area contributed by atoms with Gasteiger partial charge in [-0.2, -0.15) is 5.10 Å². The van der Waals surface area contributed by atoms with Crippen molar-refractivity contribution in [3.8, 4) is 5.75 Å². The highest BCUT2D eigenvalue weighted by molar-refractivity contribution is 6.12. The molecule has 0 unspecified atom stereocenters. The summed E-state index contributed by atoms with van der Waals surface area (Å²) >= 11 is 0. The Morgan fingerprint density at radius 2 is 2.37 bits per heavy atom. The second kappa shape index (κ2) is 4.23. The molecule has 1 aliphatic carbocycles. The molecule has 4 nitrogen and oxygen atoms in total. The van der Waals surface area contributed by atoms with Crippen molar-refractivity contribution in [1.82, 2.24) is 10.2 Å². The number of hydrogen-bond acceptors (Lipinski definition) is 3. The summed E-state index contributed by atoms with van der Waals surface area (Å²) in [6, 6.07) is 5.86. The van der Waals surface area contributed by atoms with Crippen LogP contribution in [-0.2, 0) is 0 Å². The molecule has 3 rings (SSSR count). The van der Waals surface area contributed by atoms with Crippen molar-refractivity contribution in [1.29, 1.82) is 5.41 Å². The molecule has 0 spiro atoms. The highest BCUT2D eigenvalue weighted by Gasteiger charge is 2.43. The van der Waals surface area contributed by atoms with Crippen LogP contribution in [0, 0.1) is 5.41 Å². The quantitative estimate of drug-likeness (QED) is 0.804. The monoisotopic (exact) mass is 255 g/mol. The lowest BCUT2D eigenvalue weighted by molar-refractivity contribution is 0.175. The summed E-state index contributed by atoms with van der Waals surface area (Å²) in [6.07, 6.45) is 4.79. The van der Waals surface area contributed by atoms with Gasteiger partial charge in [0.1, 0.15) is 17.0 Å². The van der Waals surface area contributed by atoms with Gasteiger partial charge in [0, 0.05) is 5.39 Å². The van der Waals surface area contributed by atoms with Crippen molar-refractivity contribution in [2.24, 2.45) is 0 Å². The van der Waals surface area contributed by atoms with Gasteiger partial charge in [0.15, 0.2) is 0 Å². The molecule has 0 atom stereocenters. The molecule has 1 heterocycles. The number of fused-ring (bicyclic) bond motifs is 1. The summed E-state index contributed by atoms with van der Waals surface area (Å²) in [5.74, 6) is 0.853. The van der Waals surface area contributed by atoms with E-state index in [-0.39, 0.29) is 5.60 Å². The lowest BCUT2D eigenvalue weighted by atomic mass is 10.1. The van der Waals surface area contributed by atoms with E-state index < -0.39 is 0 Å². The Balaban J connectivity index is 1.99. The maximum atomic E-state index is 7.83. The van der Waals surface area contributed by atoms with Crippen molar-refractivity contribution in [3.63, 3.8) is 0 Å². The molecule has 1 fully saturated rings. The van der Waals surface area contributed by atoms with Gasteiger partial charge in [-0.25, -0.2) is 0 Å². The first-order valence-electron chi connectivity index (χ1n) is 6.56.